The minimum absolute atomic E-state index is 0.175. The van der Waals surface area contributed by atoms with Crippen molar-refractivity contribution in [3.63, 3.8) is 0 Å². The van der Waals surface area contributed by atoms with Gasteiger partial charge in [-0.05, 0) is 63.0 Å². The van der Waals surface area contributed by atoms with Gasteiger partial charge in [0.1, 0.15) is 5.82 Å². The standard InChI is InChI=1S/C17H27FN2O/c1-3-19-17(14-5-4-6-16(18)11-14)8-10-20-9-7-15(12-20)13(2)21/h4-6,11,13,15,17,19,21H,3,7-10,12H2,1-2H3. The molecule has 3 nitrogen and oxygen atoms in total. The number of nitrogens with one attached hydrogen (secondary N) is 1. The SMILES string of the molecule is CCNC(CCN1CCC(C(C)O)C1)c1cccc(F)c1. The molecule has 0 radical (unpaired) electrons. The van der Waals surface area contributed by atoms with Crippen LogP contribution in [-0.4, -0.2) is 42.3 Å². The summed E-state index contributed by atoms with van der Waals surface area (Å²) in [5, 5.41) is 13.1. The van der Waals surface area contributed by atoms with Crippen LogP contribution in [-0.2, 0) is 0 Å². The number of aliphatic hydroxyl groups excluding tert-OH is 1. The first-order chi connectivity index (χ1) is 10.1. The Labute approximate surface area is 127 Å². The molecule has 3 unspecified atom stereocenters. The molecule has 4 heteroatoms. The Morgan fingerprint density at radius 1 is 1.48 bits per heavy atom. The van der Waals surface area contributed by atoms with E-state index in [1.54, 1.807) is 12.1 Å². The monoisotopic (exact) mass is 294 g/mol. The van der Waals surface area contributed by atoms with Gasteiger partial charge >= 0.3 is 0 Å². The van der Waals surface area contributed by atoms with Crippen molar-refractivity contribution in [3.05, 3.63) is 35.6 Å². The molecule has 2 N–H and O–H groups in total. The van der Waals surface area contributed by atoms with E-state index in [1.165, 1.54) is 6.07 Å². The van der Waals surface area contributed by atoms with Crippen LogP contribution in [0.1, 0.15) is 38.3 Å². The fourth-order valence-corrected chi connectivity index (χ4v) is 3.13. The predicted molar refractivity (Wildman–Crippen MR) is 83.7 cm³/mol. The highest BCUT2D eigenvalue weighted by molar-refractivity contribution is 5.20. The van der Waals surface area contributed by atoms with Crippen LogP contribution in [0.25, 0.3) is 0 Å². The fourth-order valence-electron chi connectivity index (χ4n) is 3.13. The number of nitrogens with zero attached hydrogens (tertiary/aromatic N) is 1. The van der Waals surface area contributed by atoms with Gasteiger partial charge in [-0.1, -0.05) is 19.1 Å². The first kappa shape index (κ1) is 16.4. The molecule has 1 aromatic rings. The zero-order chi connectivity index (χ0) is 15.2. The molecule has 21 heavy (non-hydrogen) atoms. The van der Waals surface area contributed by atoms with Gasteiger partial charge in [0.2, 0.25) is 0 Å². The molecule has 0 aliphatic carbocycles. The van der Waals surface area contributed by atoms with Crippen LogP contribution in [0.5, 0.6) is 0 Å². The van der Waals surface area contributed by atoms with Crippen molar-refractivity contribution in [2.24, 2.45) is 5.92 Å². The maximum atomic E-state index is 13.4. The van der Waals surface area contributed by atoms with Crippen molar-refractivity contribution >= 4 is 0 Å². The summed E-state index contributed by atoms with van der Waals surface area (Å²) >= 11 is 0. The summed E-state index contributed by atoms with van der Waals surface area (Å²) in [7, 11) is 0. The average molecular weight is 294 g/mol. The third kappa shape index (κ3) is 4.77. The van der Waals surface area contributed by atoms with Crippen LogP contribution in [0, 0.1) is 11.7 Å². The molecule has 1 aromatic carbocycles. The first-order valence-electron chi connectivity index (χ1n) is 7.99. The van der Waals surface area contributed by atoms with E-state index in [9.17, 15) is 9.50 Å². The van der Waals surface area contributed by atoms with Gasteiger partial charge in [-0.15, -0.1) is 0 Å². The smallest absolute Gasteiger partial charge is 0.123 e. The third-order valence-corrected chi connectivity index (χ3v) is 4.43. The molecule has 1 saturated heterocycles. The van der Waals surface area contributed by atoms with E-state index in [1.807, 2.05) is 13.0 Å². The molecule has 0 spiro atoms. The minimum atomic E-state index is -0.220. The van der Waals surface area contributed by atoms with E-state index in [0.717, 1.165) is 44.6 Å². The average Bonchev–Trinajstić information content (AvgIpc) is 2.92. The van der Waals surface area contributed by atoms with Crippen LogP contribution in [0.2, 0.25) is 0 Å². The second-order valence-electron chi connectivity index (χ2n) is 6.04. The number of hydrogen-bond acceptors (Lipinski definition) is 3. The van der Waals surface area contributed by atoms with Crippen molar-refractivity contribution < 1.29 is 9.50 Å². The lowest BCUT2D eigenvalue weighted by atomic mass is 10.0. The Bertz CT molecular complexity index is 439. The van der Waals surface area contributed by atoms with E-state index in [4.69, 9.17) is 0 Å². The third-order valence-electron chi connectivity index (χ3n) is 4.43. The molecule has 0 aromatic heterocycles. The predicted octanol–water partition coefficient (Wildman–Crippen LogP) is 2.57. The number of benzene rings is 1. The van der Waals surface area contributed by atoms with E-state index in [0.29, 0.717) is 5.92 Å². The number of halogens is 1. The van der Waals surface area contributed by atoms with Crippen LogP contribution >= 0.6 is 0 Å². The molecule has 0 bridgehead atoms. The maximum absolute atomic E-state index is 13.4. The topological polar surface area (TPSA) is 35.5 Å². The summed E-state index contributed by atoms with van der Waals surface area (Å²) in [6.45, 7) is 7.83. The Morgan fingerprint density at radius 2 is 2.29 bits per heavy atom. The van der Waals surface area contributed by atoms with Gasteiger partial charge in [-0.25, -0.2) is 4.39 Å². The van der Waals surface area contributed by atoms with E-state index in [-0.39, 0.29) is 18.0 Å². The number of likely N-dealkylation sites (tertiary alicyclic amines) is 1. The van der Waals surface area contributed by atoms with Gasteiger partial charge < -0.3 is 15.3 Å². The highest BCUT2D eigenvalue weighted by atomic mass is 19.1. The Morgan fingerprint density at radius 3 is 2.90 bits per heavy atom. The van der Waals surface area contributed by atoms with E-state index < -0.39 is 0 Å². The summed E-state index contributed by atoms with van der Waals surface area (Å²) < 4.78 is 13.4. The second kappa shape index (κ2) is 7.87. The highest BCUT2D eigenvalue weighted by Gasteiger charge is 2.26. The fraction of sp³-hybridized carbons (Fsp3) is 0.647. The molecule has 1 aliphatic rings. The van der Waals surface area contributed by atoms with Gasteiger partial charge in [0.25, 0.3) is 0 Å². The lowest BCUT2D eigenvalue weighted by molar-refractivity contribution is 0.127. The summed E-state index contributed by atoms with van der Waals surface area (Å²) in [5.74, 6) is 0.225. The van der Waals surface area contributed by atoms with Crippen LogP contribution in [0.15, 0.2) is 24.3 Å². The summed E-state index contributed by atoms with van der Waals surface area (Å²) in [5.41, 5.74) is 1.02. The maximum Gasteiger partial charge on any atom is 0.123 e. The molecular weight excluding hydrogens is 267 g/mol. The molecule has 0 amide bonds. The van der Waals surface area contributed by atoms with Gasteiger partial charge in [0.05, 0.1) is 6.10 Å². The zero-order valence-corrected chi connectivity index (χ0v) is 13.1. The quantitative estimate of drug-likeness (QED) is 0.811. The first-order valence-corrected chi connectivity index (χ1v) is 7.99. The number of aliphatic hydroxyl groups is 1. The van der Waals surface area contributed by atoms with Crippen molar-refractivity contribution in [3.8, 4) is 0 Å². The highest BCUT2D eigenvalue weighted by Crippen LogP contribution is 2.23. The number of rotatable bonds is 7. The summed E-state index contributed by atoms with van der Waals surface area (Å²) in [4.78, 5) is 2.40. The molecular formula is C17H27FN2O. The van der Waals surface area contributed by atoms with Crippen molar-refractivity contribution in [2.45, 2.75) is 38.8 Å². The molecule has 3 atom stereocenters. The lowest BCUT2D eigenvalue weighted by Crippen LogP contribution is -2.29. The van der Waals surface area contributed by atoms with E-state index in [2.05, 4.69) is 17.1 Å². The van der Waals surface area contributed by atoms with Gasteiger partial charge in [-0.2, -0.15) is 0 Å². The number of hydrogen-bond donors (Lipinski definition) is 2. The van der Waals surface area contributed by atoms with E-state index >= 15 is 0 Å². The molecule has 0 saturated carbocycles. The molecule has 1 heterocycles. The summed E-state index contributed by atoms with van der Waals surface area (Å²) in [6.07, 6.45) is 1.82. The Hall–Kier alpha value is -0.970. The van der Waals surface area contributed by atoms with Gasteiger partial charge in [-0.3, -0.25) is 0 Å². The van der Waals surface area contributed by atoms with Crippen molar-refractivity contribution in [2.75, 3.05) is 26.2 Å². The van der Waals surface area contributed by atoms with Crippen molar-refractivity contribution in [1.82, 2.24) is 10.2 Å². The van der Waals surface area contributed by atoms with Crippen LogP contribution < -0.4 is 5.32 Å². The molecule has 118 valence electrons. The molecule has 1 aliphatic heterocycles. The normalized spacial score (nSPS) is 22.4. The van der Waals surface area contributed by atoms with Crippen LogP contribution in [0.4, 0.5) is 4.39 Å². The largest absolute Gasteiger partial charge is 0.393 e. The molecule has 1 fully saturated rings. The van der Waals surface area contributed by atoms with Gasteiger partial charge in [0.15, 0.2) is 0 Å². The van der Waals surface area contributed by atoms with Crippen molar-refractivity contribution in [1.29, 1.82) is 0 Å². The molecule has 2 rings (SSSR count). The lowest BCUT2D eigenvalue weighted by Gasteiger charge is -2.23. The Kier molecular flexibility index (Phi) is 6.15. The van der Waals surface area contributed by atoms with Gasteiger partial charge in [0, 0.05) is 12.6 Å². The van der Waals surface area contributed by atoms with Crippen LogP contribution in [0.3, 0.4) is 0 Å². The zero-order valence-electron chi connectivity index (χ0n) is 13.1. The Balaban J connectivity index is 1.89. The summed E-state index contributed by atoms with van der Waals surface area (Å²) in [6, 6.07) is 7.06. The second-order valence-corrected chi connectivity index (χ2v) is 6.04. The minimum Gasteiger partial charge on any atom is -0.393 e.